The molecule has 27 heavy (non-hydrogen) atoms. The zero-order chi connectivity index (χ0) is 19.4. The van der Waals surface area contributed by atoms with E-state index in [1.807, 2.05) is 47.4 Å². The fraction of sp³-hybridized carbons (Fsp3) is 0.364. The lowest BCUT2D eigenvalue weighted by molar-refractivity contribution is 0.0698. The quantitative estimate of drug-likeness (QED) is 0.781. The van der Waals surface area contributed by atoms with Crippen molar-refractivity contribution in [2.24, 2.45) is 0 Å². The van der Waals surface area contributed by atoms with E-state index in [2.05, 4.69) is 31.8 Å². The lowest BCUT2D eigenvalue weighted by Crippen LogP contribution is -2.46. The number of carbonyl (C=O) groups excluding carboxylic acids is 2. The third kappa shape index (κ3) is 4.72. The van der Waals surface area contributed by atoms with Crippen LogP contribution in [0.25, 0.3) is 0 Å². The van der Waals surface area contributed by atoms with Crippen LogP contribution in [0.4, 0.5) is 0 Å². The maximum atomic E-state index is 12.7. The standard InChI is InChI=1S/C22H26N2O2S/c1-15(2)16-7-9-17(10-8-16)22(26)24-13-11-18(12-14-24)23-21(25)19-5-3-4-6-20(19)27/h3-10,15,18,27H,11-14H2,1-2H3,(H,23,25). The van der Waals surface area contributed by atoms with Gasteiger partial charge < -0.3 is 10.2 Å². The van der Waals surface area contributed by atoms with Crippen LogP contribution in [0.5, 0.6) is 0 Å². The number of nitrogens with zero attached hydrogens (tertiary/aromatic N) is 1. The molecule has 3 rings (SSSR count). The van der Waals surface area contributed by atoms with Gasteiger partial charge in [0.15, 0.2) is 0 Å². The second-order valence-electron chi connectivity index (χ2n) is 7.33. The summed E-state index contributed by atoms with van der Waals surface area (Å²) >= 11 is 4.34. The molecule has 2 aromatic rings. The average molecular weight is 383 g/mol. The molecular formula is C22H26N2O2S. The first-order chi connectivity index (χ1) is 13.0. The van der Waals surface area contributed by atoms with Crippen molar-refractivity contribution in [3.8, 4) is 0 Å². The molecule has 0 spiro atoms. The largest absolute Gasteiger partial charge is 0.349 e. The Balaban J connectivity index is 1.54. The first kappa shape index (κ1) is 19.5. The molecule has 142 valence electrons. The highest BCUT2D eigenvalue weighted by Crippen LogP contribution is 2.19. The predicted octanol–water partition coefficient (Wildman–Crippen LogP) is 4.13. The van der Waals surface area contributed by atoms with Gasteiger partial charge in [-0.15, -0.1) is 12.6 Å². The van der Waals surface area contributed by atoms with Crippen LogP contribution >= 0.6 is 12.6 Å². The average Bonchev–Trinajstić information content (AvgIpc) is 2.68. The zero-order valence-electron chi connectivity index (χ0n) is 15.8. The Morgan fingerprint density at radius 2 is 1.67 bits per heavy atom. The molecule has 1 N–H and O–H groups in total. The number of carbonyl (C=O) groups is 2. The highest BCUT2D eigenvalue weighted by atomic mass is 32.1. The number of thiol groups is 1. The van der Waals surface area contributed by atoms with Crippen molar-refractivity contribution in [3.05, 3.63) is 65.2 Å². The van der Waals surface area contributed by atoms with Crippen molar-refractivity contribution in [2.75, 3.05) is 13.1 Å². The molecule has 4 nitrogen and oxygen atoms in total. The molecule has 0 aliphatic carbocycles. The summed E-state index contributed by atoms with van der Waals surface area (Å²) in [6.07, 6.45) is 1.52. The van der Waals surface area contributed by atoms with Gasteiger partial charge in [0.25, 0.3) is 11.8 Å². The van der Waals surface area contributed by atoms with Crippen LogP contribution in [0.2, 0.25) is 0 Å². The molecule has 0 unspecified atom stereocenters. The summed E-state index contributed by atoms with van der Waals surface area (Å²) in [5.74, 6) is 0.418. The summed E-state index contributed by atoms with van der Waals surface area (Å²) in [6.45, 7) is 5.58. The number of hydrogen-bond donors (Lipinski definition) is 2. The van der Waals surface area contributed by atoms with E-state index in [1.54, 1.807) is 6.07 Å². The van der Waals surface area contributed by atoms with Gasteiger partial charge in [-0.3, -0.25) is 9.59 Å². The monoisotopic (exact) mass is 382 g/mol. The van der Waals surface area contributed by atoms with Gasteiger partial charge in [0.05, 0.1) is 5.56 Å². The highest BCUT2D eigenvalue weighted by Gasteiger charge is 2.25. The topological polar surface area (TPSA) is 49.4 Å². The summed E-state index contributed by atoms with van der Waals surface area (Å²) < 4.78 is 0. The maximum absolute atomic E-state index is 12.7. The first-order valence-electron chi connectivity index (χ1n) is 9.44. The summed E-state index contributed by atoms with van der Waals surface area (Å²) in [7, 11) is 0. The molecule has 1 aliphatic rings. The lowest BCUT2D eigenvalue weighted by Gasteiger charge is -2.32. The fourth-order valence-electron chi connectivity index (χ4n) is 3.35. The van der Waals surface area contributed by atoms with Crippen LogP contribution in [-0.2, 0) is 0 Å². The number of amides is 2. The van der Waals surface area contributed by atoms with Crippen molar-refractivity contribution >= 4 is 24.4 Å². The van der Waals surface area contributed by atoms with Crippen LogP contribution in [0.1, 0.15) is 58.9 Å². The normalized spacial score (nSPS) is 15.0. The van der Waals surface area contributed by atoms with Crippen LogP contribution < -0.4 is 5.32 Å². The summed E-state index contributed by atoms with van der Waals surface area (Å²) in [5, 5.41) is 3.07. The Labute approximate surface area is 166 Å². The van der Waals surface area contributed by atoms with Crippen LogP contribution in [-0.4, -0.2) is 35.8 Å². The number of nitrogens with one attached hydrogen (secondary N) is 1. The van der Waals surface area contributed by atoms with Crippen molar-refractivity contribution in [1.29, 1.82) is 0 Å². The van der Waals surface area contributed by atoms with Crippen molar-refractivity contribution < 1.29 is 9.59 Å². The van der Waals surface area contributed by atoms with Crippen LogP contribution in [0.15, 0.2) is 53.4 Å². The smallest absolute Gasteiger partial charge is 0.253 e. The molecule has 2 aromatic carbocycles. The highest BCUT2D eigenvalue weighted by molar-refractivity contribution is 7.80. The van der Waals surface area contributed by atoms with Gasteiger partial charge in [0.2, 0.25) is 0 Å². The van der Waals surface area contributed by atoms with Gasteiger partial charge in [0.1, 0.15) is 0 Å². The van der Waals surface area contributed by atoms with E-state index in [0.29, 0.717) is 29.5 Å². The second-order valence-corrected chi connectivity index (χ2v) is 7.82. The molecule has 1 fully saturated rings. The van der Waals surface area contributed by atoms with E-state index in [-0.39, 0.29) is 17.9 Å². The molecule has 0 radical (unpaired) electrons. The third-order valence-electron chi connectivity index (χ3n) is 5.09. The Bertz CT molecular complexity index is 809. The fourth-order valence-corrected chi connectivity index (χ4v) is 3.61. The van der Waals surface area contributed by atoms with Gasteiger partial charge >= 0.3 is 0 Å². The predicted molar refractivity (Wildman–Crippen MR) is 111 cm³/mol. The maximum Gasteiger partial charge on any atom is 0.253 e. The molecule has 0 aromatic heterocycles. The Morgan fingerprint density at radius 1 is 1.04 bits per heavy atom. The SMILES string of the molecule is CC(C)c1ccc(C(=O)N2CCC(NC(=O)c3ccccc3S)CC2)cc1. The van der Waals surface area contributed by atoms with Gasteiger partial charge in [-0.1, -0.05) is 38.1 Å². The van der Waals surface area contributed by atoms with E-state index in [4.69, 9.17) is 0 Å². The minimum Gasteiger partial charge on any atom is -0.349 e. The van der Waals surface area contributed by atoms with Crippen LogP contribution in [0, 0.1) is 0 Å². The minimum atomic E-state index is -0.102. The van der Waals surface area contributed by atoms with E-state index >= 15 is 0 Å². The summed E-state index contributed by atoms with van der Waals surface area (Å²) in [4.78, 5) is 27.7. The minimum absolute atomic E-state index is 0.0655. The first-order valence-corrected chi connectivity index (χ1v) is 9.88. The Morgan fingerprint density at radius 3 is 2.26 bits per heavy atom. The van der Waals surface area contributed by atoms with Gasteiger partial charge in [-0.05, 0) is 48.6 Å². The molecule has 0 atom stereocenters. The summed E-state index contributed by atoms with van der Waals surface area (Å²) in [6, 6.07) is 15.2. The van der Waals surface area contributed by atoms with E-state index < -0.39 is 0 Å². The summed E-state index contributed by atoms with van der Waals surface area (Å²) in [5.41, 5.74) is 2.55. The molecule has 2 amide bonds. The van der Waals surface area contributed by atoms with Gasteiger partial charge in [0, 0.05) is 29.6 Å². The molecule has 1 heterocycles. The van der Waals surface area contributed by atoms with E-state index in [1.165, 1.54) is 5.56 Å². The van der Waals surface area contributed by atoms with Gasteiger partial charge in [-0.25, -0.2) is 0 Å². The number of rotatable bonds is 4. The second kappa shape index (κ2) is 8.61. The van der Waals surface area contributed by atoms with Crippen molar-refractivity contribution in [2.45, 2.75) is 43.5 Å². The lowest BCUT2D eigenvalue weighted by atomic mass is 10.00. The molecule has 0 saturated carbocycles. The van der Waals surface area contributed by atoms with E-state index in [0.717, 1.165) is 18.4 Å². The zero-order valence-corrected chi connectivity index (χ0v) is 16.7. The van der Waals surface area contributed by atoms with E-state index in [9.17, 15) is 9.59 Å². The van der Waals surface area contributed by atoms with Gasteiger partial charge in [-0.2, -0.15) is 0 Å². The molecule has 5 heteroatoms. The number of benzene rings is 2. The number of piperidine rings is 1. The molecule has 1 saturated heterocycles. The number of hydrogen-bond acceptors (Lipinski definition) is 3. The van der Waals surface area contributed by atoms with Crippen molar-refractivity contribution in [3.63, 3.8) is 0 Å². The Hall–Kier alpha value is -2.27. The molecular weight excluding hydrogens is 356 g/mol. The Kier molecular flexibility index (Phi) is 6.22. The van der Waals surface area contributed by atoms with Crippen LogP contribution in [0.3, 0.4) is 0 Å². The third-order valence-corrected chi connectivity index (χ3v) is 5.48. The van der Waals surface area contributed by atoms with Crippen molar-refractivity contribution in [1.82, 2.24) is 10.2 Å². The number of likely N-dealkylation sites (tertiary alicyclic amines) is 1. The molecule has 1 aliphatic heterocycles. The molecule has 0 bridgehead atoms.